The van der Waals surface area contributed by atoms with E-state index in [0.717, 1.165) is 5.56 Å². The van der Waals surface area contributed by atoms with Crippen LogP contribution in [0.2, 0.25) is 0 Å². The summed E-state index contributed by atoms with van der Waals surface area (Å²) in [5, 5.41) is 10.9. The molecule has 0 aliphatic heterocycles. The van der Waals surface area contributed by atoms with Crippen LogP contribution >= 0.6 is 15.9 Å². The second kappa shape index (κ2) is 6.32. The zero-order valence-electron chi connectivity index (χ0n) is 13.0. The van der Waals surface area contributed by atoms with Crippen LogP contribution in [0.5, 0.6) is 0 Å². The first-order valence-corrected chi connectivity index (χ1v) is 7.97. The van der Waals surface area contributed by atoms with Gasteiger partial charge in [-0.2, -0.15) is 0 Å². The number of halogens is 3. The first-order chi connectivity index (χ1) is 11.3. The molecule has 2 aromatic carbocycles. The molecule has 7 heteroatoms. The van der Waals surface area contributed by atoms with E-state index in [1.165, 1.54) is 18.2 Å². The number of hydrogen-bond acceptors (Lipinski definition) is 4. The summed E-state index contributed by atoms with van der Waals surface area (Å²) in [4.78, 5) is 0. The van der Waals surface area contributed by atoms with Crippen molar-refractivity contribution in [1.29, 1.82) is 0 Å². The molecule has 0 saturated carbocycles. The number of rotatable bonds is 4. The summed E-state index contributed by atoms with van der Waals surface area (Å²) in [6.45, 7) is 3.79. The van der Waals surface area contributed by atoms with Crippen molar-refractivity contribution in [2.24, 2.45) is 0 Å². The van der Waals surface area contributed by atoms with Crippen molar-refractivity contribution in [3.63, 3.8) is 0 Å². The molecule has 0 aliphatic rings. The van der Waals surface area contributed by atoms with Crippen LogP contribution in [0.1, 0.15) is 19.4 Å². The molecule has 3 aromatic rings. The van der Waals surface area contributed by atoms with Gasteiger partial charge in [-0.3, -0.25) is 0 Å². The Morgan fingerprint density at radius 1 is 1.04 bits per heavy atom. The van der Waals surface area contributed by atoms with E-state index in [9.17, 15) is 8.78 Å². The Kier molecular flexibility index (Phi) is 4.36. The largest absolute Gasteiger partial charge is 0.403 e. The van der Waals surface area contributed by atoms with Crippen LogP contribution in [-0.4, -0.2) is 10.2 Å². The van der Waals surface area contributed by atoms with Crippen molar-refractivity contribution >= 4 is 21.9 Å². The summed E-state index contributed by atoms with van der Waals surface area (Å²) in [6, 6.07) is 10.7. The molecule has 124 valence electrons. The second-order valence-corrected chi connectivity index (χ2v) is 6.71. The molecule has 4 nitrogen and oxygen atoms in total. The van der Waals surface area contributed by atoms with Gasteiger partial charge in [0.1, 0.15) is 11.6 Å². The highest BCUT2D eigenvalue weighted by molar-refractivity contribution is 9.10. The van der Waals surface area contributed by atoms with Crippen LogP contribution in [0.25, 0.3) is 11.5 Å². The van der Waals surface area contributed by atoms with Gasteiger partial charge in [-0.25, -0.2) is 8.78 Å². The van der Waals surface area contributed by atoms with Gasteiger partial charge in [0.2, 0.25) is 0 Å². The Labute approximate surface area is 146 Å². The molecule has 0 spiro atoms. The van der Waals surface area contributed by atoms with Gasteiger partial charge in [0.05, 0.1) is 11.1 Å². The van der Waals surface area contributed by atoms with Crippen LogP contribution in [0.3, 0.4) is 0 Å². The van der Waals surface area contributed by atoms with Crippen molar-refractivity contribution in [3.8, 4) is 11.5 Å². The van der Waals surface area contributed by atoms with E-state index in [1.54, 1.807) is 24.3 Å². The Morgan fingerprint density at radius 3 is 2.46 bits per heavy atom. The van der Waals surface area contributed by atoms with Crippen molar-refractivity contribution in [2.75, 3.05) is 5.32 Å². The van der Waals surface area contributed by atoms with Crippen molar-refractivity contribution in [1.82, 2.24) is 10.2 Å². The third kappa shape index (κ3) is 3.46. The fourth-order valence-corrected chi connectivity index (χ4v) is 2.61. The van der Waals surface area contributed by atoms with Gasteiger partial charge in [0, 0.05) is 4.47 Å². The molecule has 1 N–H and O–H groups in total. The van der Waals surface area contributed by atoms with Crippen molar-refractivity contribution in [3.05, 3.63) is 64.1 Å². The van der Waals surface area contributed by atoms with Gasteiger partial charge < -0.3 is 9.73 Å². The standard InChI is InChI=1S/C17H14BrF2N3O/c1-17(2,10-3-6-12(19)7-4-10)21-16-23-22-15(24-16)13-9-11(18)5-8-14(13)20/h3-9H,1-2H3,(H,21,23). The topological polar surface area (TPSA) is 51.0 Å². The van der Waals surface area contributed by atoms with Crippen LogP contribution in [0, 0.1) is 11.6 Å². The summed E-state index contributed by atoms with van der Waals surface area (Å²) in [7, 11) is 0. The second-order valence-electron chi connectivity index (χ2n) is 5.79. The minimum Gasteiger partial charge on any atom is -0.403 e. The average molecular weight is 394 g/mol. The Bertz CT molecular complexity index is 863. The van der Waals surface area contributed by atoms with Crippen LogP contribution in [-0.2, 0) is 5.54 Å². The summed E-state index contributed by atoms with van der Waals surface area (Å²) in [5.74, 6) is -0.683. The lowest BCUT2D eigenvalue weighted by Crippen LogP contribution is -2.28. The van der Waals surface area contributed by atoms with Gasteiger partial charge in [-0.1, -0.05) is 33.2 Å². The molecule has 0 radical (unpaired) electrons. The monoisotopic (exact) mass is 393 g/mol. The van der Waals surface area contributed by atoms with Crippen LogP contribution in [0.4, 0.5) is 14.8 Å². The van der Waals surface area contributed by atoms with E-state index in [1.807, 2.05) is 13.8 Å². The number of hydrogen-bond donors (Lipinski definition) is 1. The van der Waals surface area contributed by atoms with E-state index in [2.05, 4.69) is 31.4 Å². The van der Waals surface area contributed by atoms with Crippen LogP contribution < -0.4 is 5.32 Å². The molecule has 0 unspecified atom stereocenters. The summed E-state index contributed by atoms with van der Waals surface area (Å²) in [5.41, 5.74) is 0.481. The number of benzene rings is 2. The first kappa shape index (κ1) is 16.6. The summed E-state index contributed by atoms with van der Waals surface area (Å²) < 4.78 is 33.2. The predicted molar refractivity (Wildman–Crippen MR) is 90.4 cm³/mol. The number of anilines is 1. The first-order valence-electron chi connectivity index (χ1n) is 7.18. The minimum absolute atomic E-state index is 0.0752. The fraction of sp³-hybridized carbons (Fsp3) is 0.176. The number of nitrogens with one attached hydrogen (secondary N) is 1. The lowest BCUT2D eigenvalue weighted by molar-refractivity contribution is 0.523. The third-order valence-corrected chi connectivity index (χ3v) is 4.06. The Morgan fingerprint density at radius 2 is 1.75 bits per heavy atom. The quantitative estimate of drug-likeness (QED) is 0.667. The fourth-order valence-electron chi connectivity index (χ4n) is 2.25. The Hall–Kier alpha value is -2.28. The van der Waals surface area contributed by atoms with Crippen LogP contribution in [0.15, 0.2) is 51.4 Å². The number of aromatic nitrogens is 2. The molecule has 0 amide bonds. The van der Waals surface area contributed by atoms with E-state index in [0.29, 0.717) is 4.47 Å². The molecule has 0 aliphatic carbocycles. The third-order valence-electron chi connectivity index (χ3n) is 3.57. The zero-order valence-corrected chi connectivity index (χ0v) is 14.6. The van der Waals surface area contributed by atoms with E-state index in [-0.39, 0.29) is 23.3 Å². The lowest BCUT2D eigenvalue weighted by Gasteiger charge is -2.25. The number of nitrogens with zero attached hydrogens (tertiary/aromatic N) is 2. The van der Waals surface area contributed by atoms with Gasteiger partial charge >= 0.3 is 6.01 Å². The molecular formula is C17H14BrF2N3O. The van der Waals surface area contributed by atoms with Crippen molar-refractivity contribution in [2.45, 2.75) is 19.4 Å². The van der Waals surface area contributed by atoms with Gasteiger partial charge in [0.25, 0.3) is 5.89 Å². The SMILES string of the molecule is CC(C)(Nc1nnc(-c2cc(Br)ccc2F)o1)c1ccc(F)cc1. The molecule has 0 atom stereocenters. The van der Waals surface area contributed by atoms with Gasteiger partial charge in [-0.05, 0) is 49.7 Å². The maximum absolute atomic E-state index is 13.9. The molecule has 0 saturated heterocycles. The lowest BCUT2D eigenvalue weighted by atomic mass is 9.94. The summed E-state index contributed by atoms with van der Waals surface area (Å²) >= 11 is 3.28. The molecule has 3 rings (SSSR count). The van der Waals surface area contributed by atoms with E-state index < -0.39 is 11.4 Å². The zero-order chi connectivity index (χ0) is 17.3. The van der Waals surface area contributed by atoms with Gasteiger partial charge in [-0.15, -0.1) is 5.10 Å². The Balaban J connectivity index is 1.85. The molecular weight excluding hydrogens is 380 g/mol. The normalized spacial score (nSPS) is 11.5. The molecule has 1 heterocycles. The van der Waals surface area contributed by atoms with E-state index >= 15 is 0 Å². The summed E-state index contributed by atoms with van der Waals surface area (Å²) in [6.07, 6.45) is 0. The molecule has 24 heavy (non-hydrogen) atoms. The predicted octanol–water partition coefficient (Wildman–Crippen LogP) is 5.12. The highest BCUT2D eigenvalue weighted by atomic mass is 79.9. The van der Waals surface area contributed by atoms with Crippen molar-refractivity contribution < 1.29 is 13.2 Å². The molecule has 0 bridgehead atoms. The van der Waals surface area contributed by atoms with E-state index in [4.69, 9.17) is 4.42 Å². The average Bonchev–Trinajstić information content (AvgIpc) is 2.97. The maximum Gasteiger partial charge on any atom is 0.316 e. The smallest absolute Gasteiger partial charge is 0.316 e. The molecule has 1 aromatic heterocycles. The highest BCUT2D eigenvalue weighted by Gasteiger charge is 2.23. The molecule has 0 fully saturated rings. The van der Waals surface area contributed by atoms with Gasteiger partial charge in [0.15, 0.2) is 0 Å². The maximum atomic E-state index is 13.9. The minimum atomic E-state index is -0.576. The highest BCUT2D eigenvalue weighted by Crippen LogP contribution is 2.29.